The molecule has 0 aliphatic rings. The number of nitrogens with zero attached hydrogens (tertiary/aromatic N) is 2. The van der Waals surface area contributed by atoms with Gasteiger partial charge >= 0.3 is 5.97 Å². The second-order valence-corrected chi connectivity index (χ2v) is 6.23. The summed E-state index contributed by atoms with van der Waals surface area (Å²) in [7, 11) is 0. The summed E-state index contributed by atoms with van der Waals surface area (Å²) < 4.78 is 6.82. The molecule has 1 N–H and O–H groups in total. The van der Waals surface area contributed by atoms with E-state index in [1.165, 1.54) is 25.1 Å². The summed E-state index contributed by atoms with van der Waals surface area (Å²) in [6, 6.07) is 6.13. The summed E-state index contributed by atoms with van der Waals surface area (Å²) in [6.45, 7) is 5.37. The number of aromatic nitrogens is 2. The molecule has 0 aliphatic heterocycles. The fraction of sp³-hybridized carbons (Fsp3) is 0.312. The Bertz CT molecular complexity index is 759. The summed E-state index contributed by atoms with van der Waals surface area (Å²) >= 11 is 11.7. The van der Waals surface area contributed by atoms with Crippen LogP contribution in [0.1, 0.15) is 37.2 Å². The highest BCUT2D eigenvalue weighted by Crippen LogP contribution is 2.23. The van der Waals surface area contributed by atoms with Gasteiger partial charge in [-0.2, -0.15) is 5.10 Å². The number of carbonyl (C=O) groups excluding carboxylic acids is 2. The Balaban J connectivity index is 2.01. The molecule has 1 atom stereocenters. The quantitative estimate of drug-likeness (QED) is 0.809. The molecule has 0 saturated carbocycles. The number of rotatable bonds is 5. The van der Waals surface area contributed by atoms with Gasteiger partial charge in [0.2, 0.25) is 0 Å². The van der Waals surface area contributed by atoms with Gasteiger partial charge in [0.25, 0.3) is 5.91 Å². The molecule has 24 heavy (non-hydrogen) atoms. The fourth-order valence-electron chi connectivity index (χ4n) is 1.96. The summed E-state index contributed by atoms with van der Waals surface area (Å²) in [4.78, 5) is 24.3. The van der Waals surface area contributed by atoms with E-state index in [9.17, 15) is 9.59 Å². The van der Waals surface area contributed by atoms with E-state index in [0.717, 1.165) is 0 Å². The predicted molar refractivity (Wildman–Crippen MR) is 92.6 cm³/mol. The summed E-state index contributed by atoms with van der Waals surface area (Å²) in [5.74, 6) is -0.577. The van der Waals surface area contributed by atoms with Crippen molar-refractivity contribution in [3.8, 4) is 0 Å². The van der Waals surface area contributed by atoms with Crippen molar-refractivity contribution in [2.24, 2.45) is 0 Å². The zero-order valence-corrected chi connectivity index (χ0v) is 14.9. The maximum Gasteiger partial charge on any atom is 0.338 e. The molecule has 6 nitrogen and oxygen atoms in total. The molecule has 2 aromatic rings. The van der Waals surface area contributed by atoms with Gasteiger partial charge in [0.1, 0.15) is 5.82 Å². The van der Waals surface area contributed by atoms with Crippen LogP contribution in [-0.2, 0) is 9.53 Å². The van der Waals surface area contributed by atoms with E-state index in [-0.39, 0.29) is 16.6 Å². The standard InChI is InChI=1S/C16H17Cl2N3O3/c1-9(2)21-14(6-7-19-21)20-15(22)10(3)24-16(23)11-4-5-12(17)13(18)8-11/h4-10H,1-3H3,(H,20,22)/t10-/m0/s1. The number of ether oxygens (including phenoxy) is 1. The van der Waals surface area contributed by atoms with Crippen LogP contribution in [0.5, 0.6) is 0 Å². The molecular weight excluding hydrogens is 353 g/mol. The number of esters is 1. The highest BCUT2D eigenvalue weighted by molar-refractivity contribution is 6.42. The molecule has 1 heterocycles. The maximum absolute atomic E-state index is 12.2. The zero-order chi connectivity index (χ0) is 17.9. The third kappa shape index (κ3) is 4.27. The lowest BCUT2D eigenvalue weighted by Crippen LogP contribution is -2.31. The van der Waals surface area contributed by atoms with Crippen molar-refractivity contribution in [1.29, 1.82) is 0 Å². The van der Waals surface area contributed by atoms with Crippen molar-refractivity contribution in [2.75, 3.05) is 5.32 Å². The molecule has 128 valence electrons. The van der Waals surface area contributed by atoms with Crippen LogP contribution in [0, 0.1) is 0 Å². The Kier molecular flexibility index (Phi) is 5.85. The van der Waals surface area contributed by atoms with Gasteiger partial charge in [-0.3, -0.25) is 4.79 Å². The number of hydrogen-bond donors (Lipinski definition) is 1. The van der Waals surface area contributed by atoms with Crippen LogP contribution in [0.2, 0.25) is 10.0 Å². The molecule has 0 saturated heterocycles. The van der Waals surface area contributed by atoms with E-state index in [0.29, 0.717) is 10.8 Å². The molecule has 0 unspecified atom stereocenters. The number of halogens is 2. The topological polar surface area (TPSA) is 73.2 Å². The molecule has 1 aromatic heterocycles. The van der Waals surface area contributed by atoms with Crippen LogP contribution in [0.15, 0.2) is 30.5 Å². The Labute approximate surface area is 149 Å². The minimum Gasteiger partial charge on any atom is -0.449 e. The second-order valence-electron chi connectivity index (χ2n) is 5.42. The number of anilines is 1. The van der Waals surface area contributed by atoms with Gasteiger partial charge < -0.3 is 10.1 Å². The summed E-state index contributed by atoms with van der Waals surface area (Å²) in [6.07, 6.45) is 0.601. The number of hydrogen-bond acceptors (Lipinski definition) is 4. The van der Waals surface area contributed by atoms with Crippen molar-refractivity contribution in [2.45, 2.75) is 32.9 Å². The van der Waals surface area contributed by atoms with Crippen molar-refractivity contribution in [3.63, 3.8) is 0 Å². The number of amides is 1. The Morgan fingerprint density at radius 1 is 1.17 bits per heavy atom. The molecule has 0 aliphatic carbocycles. The van der Waals surface area contributed by atoms with Crippen LogP contribution in [-0.4, -0.2) is 27.8 Å². The van der Waals surface area contributed by atoms with Crippen LogP contribution in [0.25, 0.3) is 0 Å². The first-order valence-electron chi connectivity index (χ1n) is 7.30. The first kappa shape index (κ1) is 18.3. The van der Waals surface area contributed by atoms with E-state index in [1.807, 2.05) is 13.8 Å². The van der Waals surface area contributed by atoms with E-state index in [2.05, 4.69) is 10.4 Å². The number of carbonyl (C=O) groups is 2. The largest absolute Gasteiger partial charge is 0.449 e. The molecule has 0 spiro atoms. The highest BCUT2D eigenvalue weighted by Gasteiger charge is 2.21. The molecule has 0 fully saturated rings. The Morgan fingerprint density at radius 3 is 2.50 bits per heavy atom. The first-order valence-corrected chi connectivity index (χ1v) is 8.05. The minimum atomic E-state index is -0.984. The lowest BCUT2D eigenvalue weighted by Gasteiger charge is -2.15. The summed E-state index contributed by atoms with van der Waals surface area (Å²) in [5, 5.41) is 7.38. The molecule has 1 amide bonds. The van der Waals surface area contributed by atoms with Crippen molar-refractivity contribution >= 4 is 40.9 Å². The molecule has 2 rings (SSSR count). The van der Waals surface area contributed by atoms with Crippen LogP contribution < -0.4 is 5.32 Å². The van der Waals surface area contributed by atoms with Gasteiger partial charge in [0, 0.05) is 12.1 Å². The Morgan fingerprint density at radius 2 is 1.88 bits per heavy atom. The van der Waals surface area contributed by atoms with Gasteiger partial charge in [0.05, 0.1) is 21.8 Å². The molecular formula is C16H17Cl2N3O3. The average Bonchev–Trinajstić information content (AvgIpc) is 2.98. The van der Waals surface area contributed by atoms with Gasteiger partial charge in [0.15, 0.2) is 6.10 Å². The third-order valence-electron chi connectivity index (χ3n) is 3.22. The van der Waals surface area contributed by atoms with Crippen molar-refractivity contribution < 1.29 is 14.3 Å². The van der Waals surface area contributed by atoms with Gasteiger partial charge in [-0.15, -0.1) is 0 Å². The smallest absolute Gasteiger partial charge is 0.338 e. The van der Waals surface area contributed by atoms with Gasteiger partial charge in [-0.05, 0) is 39.0 Å². The fourth-order valence-corrected chi connectivity index (χ4v) is 2.26. The van der Waals surface area contributed by atoms with Gasteiger partial charge in [-0.1, -0.05) is 23.2 Å². The maximum atomic E-state index is 12.2. The minimum absolute atomic E-state index is 0.0874. The molecule has 1 aromatic carbocycles. The molecule has 0 radical (unpaired) electrons. The lowest BCUT2D eigenvalue weighted by atomic mass is 10.2. The van der Waals surface area contributed by atoms with Gasteiger partial charge in [-0.25, -0.2) is 9.48 Å². The highest BCUT2D eigenvalue weighted by atomic mass is 35.5. The third-order valence-corrected chi connectivity index (χ3v) is 3.96. The average molecular weight is 370 g/mol. The monoisotopic (exact) mass is 369 g/mol. The summed E-state index contributed by atoms with van der Waals surface area (Å²) in [5.41, 5.74) is 0.219. The normalized spacial score (nSPS) is 12.1. The second kappa shape index (κ2) is 7.68. The lowest BCUT2D eigenvalue weighted by molar-refractivity contribution is -0.123. The van der Waals surface area contributed by atoms with Crippen molar-refractivity contribution in [3.05, 3.63) is 46.1 Å². The number of benzene rings is 1. The number of nitrogens with one attached hydrogen (secondary N) is 1. The van der Waals surface area contributed by atoms with Crippen LogP contribution in [0.3, 0.4) is 0 Å². The molecule has 8 heteroatoms. The van der Waals surface area contributed by atoms with Crippen LogP contribution in [0.4, 0.5) is 5.82 Å². The molecule has 0 bridgehead atoms. The SMILES string of the molecule is CC(C)n1nccc1NC(=O)[C@H](C)OC(=O)c1ccc(Cl)c(Cl)c1. The van der Waals surface area contributed by atoms with E-state index in [1.54, 1.807) is 16.9 Å². The van der Waals surface area contributed by atoms with Crippen molar-refractivity contribution in [1.82, 2.24) is 9.78 Å². The predicted octanol–water partition coefficient (Wildman–Crippen LogP) is 3.95. The van der Waals surface area contributed by atoms with E-state index in [4.69, 9.17) is 27.9 Å². The van der Waals surface area contributed by atoms with E-state index >= 15 is 0 Å². The first-order chi connectivity index (χ1) is 11.3. The Hall–Kier alpha value is -2.05. The van der Waals surface area contributed by atoms with E-state index < -0.39 is 18.0 Å². The van der Waals surface area contributed by atoms with Crippen LogP contribution >= 0.6 is 23.2 Å². The zero-order valence-electron chi connectivity index (χ0n) is 13.4.